The largest absolute Gasteiger partial charge is 0.507 e. The highest BCUT2D eigenvalue weighted by Crippen LogP contribution is 2.45. The summed E-state index contributed by atoms with van der Waals surface area (Å²) in [6.07, 6.45) is 0.672. The first kappa shape index (κ1) is 26.9. The van der Waals surface area contributed by atoms with Gasteiger partial charge < -0.3 is 14.6 Å². The molecule has 1 amide bonds. The highest BCUT2D eigenvalue weighted by atomic mass is 32.1. The van der Waals surface area contributed by atoms with Crippen LogP contribution < -0.4 is 14.4 Å². The van der Waals surface area contributed by atoms with Crippen molar-refractivity contribution in [1.29, 1.82) is 0 Å². The summed E-state index contributed by atoms with van der Waals surface area (Å²) in [7, 11) is 0. The summed E-state index contributed by atoms with van der Waals surface area (Å²) in [5.74, 6) is -1.04. The van der Waals surface area contributed by atoms with E-state index in [4.69, 9.17) is 9.47 Å². The molecule has 1 N–H and O–H groups in total. The number of Topliss-reactive ketones (excluding diaryl/α,β-unsaturated/α-hetero) is 1. The number of aliphatic hydroxyl groups is 1. The quantitative estimate of drug-likeness (QED) is 0.130. The van der Waals surface area contributed by atoms with Crippen LogP contribution in [0.4, 0.5) is 9.52 Å². The molecule has 43 heavy (non-hydrogen) atoms. The van der Waals surface area contributed by atoms with Crippen LogP contribution in [0.1, 0.15) is 35.2 Å². The van der Waals surface area contributed by atoms with Crippen LogP contribution in [0.15, 0.2) is 96.6 Å². The number of aromatic nitrogens is 1. The van der Waals surface area contributed by atoms with Crippen molar-refractivity contribution in [3.05, 3.63) is 125 Å². The van der Waals surface area contributed by atoms with Crippen LogP contribution in [-0.2, 0) is 22.6 Å². The van der Waals surface area contributed by atoms with E-state index in [0.29, 0.717) is 40.1 Å². The number of amides is 1. The van der Waals surface area contributed by atoms with Crippen molar-refractivity contribution in [3.8, 4) is 11.5 Å². The Morgan fingerprint density at radius 3 is 2.63 bits per heavy atom. The first-order valence-electron chi connectivity index (χ1n) is 13.8. The Kier molecular flexibility index (Phi) is 6.66. The molecule has 0 unspecified atom stereocenters. The number of carbonyl (C=O) groups excluding carboxylic acids is 2. The Balaban J connectivity index is 1.31. The number of aliphatic hydroxyl groups excluding tert-OH is 1. The number of anilines is 1. The van der Waals surface area contributed by atoms with E-state index in [1.54, 1.807) is 42.5 Å². The number of carbonyl (C=O) groups is 2. The normalized spacial score (nSPS) is 19.1. The van der Waals surface area contributed by atoms with Crippen LogP contribution in [-0.4, -0.2) is 27.9 Å². The lowest BCUT2D eigenvalue weighted by Gasteiger charge is -2.23. The SMILES string of the molecule is C[C@@H]1Cc2cc(/C(O)=C3\C(=O)C(=O)N(c4nc5ccc(F)cc5s4)[C@H]3c3ccc(OCc4ccccc4)cc3)ccc2O1. The van der Waals surface area contributed by atoms with E-state index in [9.17, 15) is 19.1 Å². The average Bonchev–Trinajstić information content (AvgIpc) is 3.68. The Hall–Kier alpha value is -5.02. The maximum Gasteiger partial charge on any atom is 0.301 e. The Bertz CT molecular complexity index is 1920. The van der Waals surface area contributed by atoms with Gasteiger partial charge in [-0.3, -0.25) is 14.5 Å². The number of benzene rings is 4. The van der Waals surface area contributed by atoms with Crippen molar-refractivity contribution in [1.82, 2.24) is 4.98 Å². The Labute approximate surface area is 250 Å². The summed E-state index contributed by atoms with van der Waals surface area (Å²) in [5.41, 5.74) is 3.36. The van der Waals surface area contributed by atoms with Gasteiger partial charge in [-0.05, 0) is 72.1 Å². The van der Waals surface area contributed by atoms with E-state index in [1.165, 1.54) is 23.1 Å². The first-order chi connectivity index (χ1) is 20.9. The van der Waals surface area contributed by atoms with Gasteiger partial charge in [0.15, 0.2) is 5.13 Å². The molecular formula is C34H25FN2O5S. The number of halogens is 1. The lowest BCUT2D eigenvalue weighted by atomic mass is 9.94. The molecule has 0 spiro atoms. The van der Waals surface area contributed by atoms with Gasteiger partial charge in [0.25, 0.3) is 5.78 Å². The number of fused-ring (bicyclic) bond motifs is 2. The third-order valence-electron chi connectivity index (χ3n) is 7.60. The Morgan fingerprint density at radius 2 is 1.84 bits per heavy atom. The maximum atomic E-state index is 14.0. The smallest absolute Gasteiger partial charge is 0.301 e. The summed E-state index contributed by atoms with van der Waals surface area (Å²) in [4.78, 5) is 33.1. The second kappa shape index (κ2) is 10.7. The molecule has 1 saturated heterocycles. The maximum absolute atomic E-state index is 14.0. The molecule has 9 heteroatoms. The van der Waals surface area contributed by atoms with Gasteiger partial charge in [0, 0.05) is 12.0 Å². The molecule has 0 aliphatic carbocycles. The van der Waals surface area contributed by atoms with Gasteiger partial charge in [-0.1, -0.05) is 53.8 Å². The van der Waals surface area contributed by atoms with Crippen molar-refractivity contribution < 1.29 is 28.6 Å². The molecule has 7 rings (SSSR count). The van der Waals surface area contributed by atoms with E-state index in [2.05, 4.69) is 4.98 Å². The predicted octanol–water partition coefficient (Wildman–Crippen LogP) is 6.96. The second-order valence-electron chi connectivity index (χ2n) is 10.6. The van der Waals surface area contributed by atoms with E-state index in [0.717, 1.165) is 28.2 Å². The summed E-state index contributed by atoms with van der Waals surface area (Å²) in [6, 6.07) is 25.2. The first-order valence-corrected chi connectivity index (χ1v) is 14.6. The standard InChI is InChI=1S/C34H25FN2O5S/c1-19-15-23-16-22(9-14-27(23)42-19)31(38)29-30(21-7-11-25(12-8-21)41-18-20-5-3-2-4-6-20)37(33(40)32(29)39)34-36-26-13-10-24(35)17-28(26)43-34/h2-14,16-17,19,30,38H,15,18H2,1H3/b31-29+/t19-,30+/m1/s1. The van der Waals surface area contributed by atoms with Crippen LogP contribution in [0.2, 0.25) is 0 Å². The van der Waals surface area contributed by atoms with Gasteiger partial charge in [-0.15, -0.1) is 0 Å². The van der Waals surface area contributed by atoms with E-state index in [-0.39, 0.29) is 22.6 Å². The Morgan fingerprint density at radius 1 is 1.05 bits per heavy atom. The minimum Gasteiger partial charge on any atom is -0.507 e. The molecule has 214 valence electrons. The predicted molar refractivity (Wildman–Crippen MR) is 162 cm³/mol. The van der Waals surface area contributed by atoms with Gasteiger partial charge in [0.05, 0.1) is 21.8 Å². The van der Waals surface area contributed by atoms with Crippen LogP contribution in [0.5, 0.6) is 11.5 Å². The van der Waals surface area contributed by atoms with Crippen LogP contribution in [0.25, 0.3) is 16.0 Å². The number of hydrogen-bond acceptors (Lipinski definition) is 7. The van der Waals surface area contributed by atoms with Gasteiger partial charge in [-0.2, -0.15) is 0 Å². The van der Waals surface area contributed by atoms with Crippen molar-refractivity contribution in [2.75, 3.05) is 4.90 Å². The topological polar surface area (TPSA) is 89.0 Å². The lowest BCUT2D eigenvalue weighted by molar-refractivity contribution is -0.132. The van der Waals surface area contributed by atoms with Crippen molar-refractivity contribution in [3.63, 3.8) is 0 Å². The van der Waals surface area contributed by atoms with Crippen molar-refractivity contribution in [2.45, 2.75) is 32.1 Å². The average molecular weight is 593 g/mol. The number of rotatable bonds is 6. The molecule has 7 nitrogen and oxygen atoms in total. The third-order valence-corrected chi connectivity index (χ3v) is 8.62. The fourth-order valence-corrected chi connectivity index (χ4v) is 6.56. The molecule has 0 saturated carbocycles. The van der Waals surface area contributed by atoms with Crippen LogP contribution >= 0.6 is 11.3 Å². The molecule has 2 aliphatic heterocycles. The monoisotopic (exact) mass is 592 g/mol. The van der Waals surface area contributed by atoms with Gasteiger partial charge in [-0.25, -0.2) is 9.37 Å². The molecule has 0 radical (unpaired) electrons. The molecule has 0 bridgehead atoms. The number of ketones is 1. The van der Waals surface area contributed by atoms with Crippen LogP contribution in [0.3, 0.4) is 0 Å². The zero-order valence-corrected chi connectivity index (χ0v) is 23.8. The lowest BCUT2D eigenvalue weighted by Crippen LogP contribution is -2.29. The summed E-state index contributed by atoms with van der Waals surface area (Å²) < 4.78 is 26.2. The third kappa shape index (κ3) is 4.91. The molecule has 1 fully saturated rings. The molecule has 2 atom stereocenters. The summed E-state index contributed by atoms with van der Waals surface area (Å²) >= 11 is 1.10. The highest BCUT2D eigenvalue weighted by molar-refractivity contribution is 7.22. The number of ether oxygens (including phenoxy) is 2. The second-order valence-corrected chi connectivity index (χ2v) is 11.6. The zero-order chi connectivity index (χ0) is 29.7. The molecule has 5 aromatic rings. The van der Waals surface area contributed by atoms with Crippen LogP contribution in [0, 0.1) is 5.82 Å². The number of hydrogen-bond donors (Lipinski definition) is 1. The van der Waals surface area contributed by atoms with Crippen molar-refractivity contribution in [2.24, 2.45) is 0 Å². The van der Waals surface area contributed by atoms with Gasteiger partial charge in [0.1, 0.15) is 35.8 Å². The molecule has 3 heterocycles. The molecule has 1 aromatic heterocycles. The van der Waals surface area contributed by atoms with E-state index >= 15 is 0 Å². The highest BCUT2D eigenvalue weighted by Gasteiger charge is 2.48. The fourth-order valence-electron chi connectivity index (χ4n) is 5.55. The van der Waals surface area contributed by atoms with Gasteiger partial charge >= 0.3 is 5.91 Å². The molecular weight excluding hydrogens is 567 g/mol. The van der Waals surface area contributed by atoms with E-state index in [1.807, 2.05) is 37.3 Å². The fraction of sp³-hybridized carbons (Fsp3) is 0.147. The minimum absolute atomic E-state index is 0.00414. The molecule has 2 aliphatic rings. The minimum atomic E-state index is -0.975. The summed E-state index contributed by atoms with van der Waals surface area (Å²) in [6.45, 7) is 2.34. The van der Waals surface area contributed by atoms with Crippen molar-refractivity contribution >= 4 is 44.1 Å². The summed E-state index contributed by atoms with van der Waals surface area (Å²) in [5, 5.41) is 11.8. The number of thiazole rings is 1. The number of nitrogens with zero attached hydrogens (tertiary/aromatic N) is 2. The zero-order valence-electron chi connectivity index (χ0n) is 23.0. The molecule has 4 aromatic carbocycles. The van der Waals surface area contributed by atoms with E-state index < -0.39 is 23.5 Å². The van der Waals surface area contributed by atoms with Gasteiger partial charge in [0.2, 0.25) is 0 Å².